The number of carboxylic acids is 1. The Morgan fingerprint density at radius 3 is 2.64 bits per heavy atom. The predicted molar refractivity (Wildman–Crippen MR) is 50.0 cm³/mol. The SMILES string of the molecule is O=C(O)Cc1cnc(NC2CC2)nc1. The van der Waals surface area contributed by atoms with E-state index in [-0.39, 0.29) is 6.42 Å². The lowest BCUT2D eigenvalue weighted by atomic mass is 10.2. The van der Waals surface area contributed by atoms with Crippen LogP contribution in [0.2, 0.25) is 0 Å². The molecule has 0 amide bonds. The van der Waals surface area contributed by atoms with Gasteiger partial charge in [-0.15, -0.1) is 0 Å². The van der Waals surface area contributed by atoms with Crippen molar-refractivity contribution in [3.05, 3.63) is 18.0 Å². The maximum Gasteiger partial charge on any atom is 0.307 e. The molecule has 5 nitrogen and oxygen atoms in total. The quantitative estimate of drug-likeness (QED) is 0.735. The van der Waals surface area contributed by atoms with E-state index in [9.17, 15) is 4.79 Å². The number of nitrogens with one attached hydrogen (secondary N) is 1. The fourth-order valence-electron chi connectivity index (χ4n) is 1.11. The zero-order chi connectivity index (χ0) is 9.97. The van der Waals surface area contributed by atoms with Gasteiger partial charge in [0.25, 0.3) is 0 Å². The lowest BCUT2D eigenvalue weighted by Crippen LogP contribution is -2.07. The molecular weight excluding hydrogens is 182 g/mol. The fraction of sp³-hybridized carbons (Fsp3) is 0.444. The zero-order valence-electron chi connectivity index (χ0n) is 7.60. The minimum absolute atomic E-state index is 0.0241. The van der Waals surface area contributed by atoms with Gasteiger partial charge >= 0.3 is 5.97 Å². The van der Waals surface area contributed by atoms with E-state index in [1.165, 1.54) is 12.8 Å². The Kier molecular flexibility index (Phi) is 2.30. The molecule has 1 heterocycles. The molecule has 0 bridgehead atoms. The van der Waals surface area contributed by atoms with Crippen molar-refractivity contribution >= 4 is 11.9 Å². The number of aromatic nitrogens is 2. The van der Waals surface area contributed by atoms with Gasteiger partial charge in [-0.05, 0) is 12.8 Å². The van der Waals surface area contributed by atoms with Crippen molar-refractivity contribution in [3.8, 4) is 0 Å². The first-order valence-corrected chi connectivity index (χ1v) is 4.53. The zero-order valence-corrected chi connectivity index (χ0v) is 7.60. The third kappa shape index (κ3) is 2.42. The molecule has 0 spiro atoms. The molecule has 1 saturated carbocycles. The number of carboxylic acid groups (broad SMARTS) is 1. The van der Waals surface area contributed by atoms with Gasteiger partial charge in [-0.2, -0.15) is 0 Å². The minimum Gasteiger partial charge on any atom is -0.481 e. The van der Waals surface area contributed by atoms with Crippen LogP contribution in [0.3, 0.4) is 0 Å². The van der Waals surface area contributed by atoms with E-state index in [1.54, 1.807) is 12.4 Å². The van der Waals surface area contributed by atoms with E-state index in [2.05, 4.69) is 15.3 Å². The first-order valence-electron chi connectivity index (χ1n) is 4.53. The van der Waals surface area contributed by atoms with Crippen LogP contribution in [-0.2, 0) is 11.2 Å². The Balaban J connectivity index is 1.97. The molecule has 5 heteroatoms. The van der Waals surface area contributed by atoms with Crippen LogP contribution in [0.4, 0.5) is 5.95 Å². The van der Waals surface area contributed by atoms with Gasteiger partial charge in [-0.3, -0.25) is 4.79 Å². The summed E-state index contributed by atoms with van der Waals surface area (Å²) in [4.78, 5) is 18.4. The first-order chi connectivity index (χ1) is 6.74. The van der Waals surface area contributed by atoms with Crippen LogP contribution in [0.5, 0.6) is 0 Å². The van der Waals surface area contributed by atoms with Crippen molar-refractivity contribution in [2.45, 2.75) is 25.3 Å². The molecule has 0 atom stereocenters. The molecule has 74 valence electrons. The molecule has 1 aromatic heterocycles. The van der Waals surface area contributed by atoms with Crippen molar-refractivity contribution in [2.75, 3.05) is 5.32 Å². The van der Waals surface area contributed by atoms with Gasteiger partial charge in [0.2, 0.25) is 5.95 Å². The molecule has 1 aliphatic carbocycles. The van der Waals surface area contributed by atoms with E-state index >= 15 is 0 Å². The minimum atomic E-state index is -0.864. The summed E-state index contributed by atoms with van der Waals surface area (Å²) < 4.78 is 0. The number of hydrogen-bond acceptors (Lipinski definition) is 4. The van der Waals surface area contributed by atoms with Gasteiger partial charge in [0.05, 0.1) is 6.42 Å². The molecule has 1 aromatic rings. The van der Waals surface area contributed by atoms with Crippen LogP contribution in [0, 0.1) is 0 Å². The molecule has 1 aliphatic rings. The van der Waals surface area contributed by atoms with Gasteiger partial charge in [0.1, 0.15) is 0 Å². The molecule has 2 rings (SSSR count). The second kappa shape index (κ2) is 3.61. The highest BCUT2D eigenvalue weighted by molar-refractivity contribution is 5.69. The molecule has 2 N–H and O–H groups in total. The lowest BCUT2D eigenvalue weighted by molar-refractivity contribution is -0.136. The number of anilines is 1. The smallest absolute Gasteiger partial charge is 0.307 e. The van der Waals surface area contributed by atoms with E-state index in [0.29, 0.717) is 17.6 Å². The molecule has 14 heavy (non-hydrogen) atoms. The summed E-state index contributed by atoms with van der Waals surface area (Å²) in [5.74, 6) is -0.279. The highest BCUT2D eigenvalue weighted by Crippen LogP contribution is 2.22. The van der Waals surface area contributed by atoms with Crippen LogP contribution >= 0.6 is 0 Å². The number of aliphatic carboxylic acids is 1. The average molecular weight is 193 g/mol. The highest BCUT2D eigenvalue weighted by Gasteiger charge is 2.21. The Morgan fingerprint density at radius 1 is 1.50 bits per heavy atom. The highest BCUT2D eigenvalue weighted by atomic mass is 16.4. The van der Waals surface area contributed by atoms with Crippen molar-refractivity contribution in [2.24, 2.45) is 0 Å². The number of nitrogens with zero attached hydrogens (tertiary/aromatic N) is 2. The van der Waals surface area contributed by atoms with E-state index in [0.717, 1.165) is 0 Å². The summed E-state index contributed by atoms with van der Waals surface area (Å²) >= 11 is 0. The summed E-state index contributed by atoms with van der Waals surface area (Å²) in [6.45, 7) is 0. The maximum atomic E-state index is 10.4. The van der Waals surface area contributed by atoms with Crippen LogP contribution in [-0.4, -0.2) is 27.1 Å². The van der Waals surface area contributed by atoms with Crippen LogP contribution in [0.1, 0.15) is 18.4 Å². The topological polar surface area (TPSA) is 75.1 Å². The Labute approximate surface area is 81.2 Å². The van der Waals surface area contributed by atoms with E-state index < -0.39 is 5.97 Å². The average Bonchev–Trinajstić information content (AvgIpc) is 2.91. The normalized spacial score (nSPS) is 15.1. The van der Waals surface area contributed by atoms with E-state index in [1.807, 2.05) is 0 Å². The van der Waals surface area contributed by atoms with Crippen molar-refractivity contribution in [3.63, 3.8) is 0 Å². The van der Waals surface area contributed by atoms with Crippen molar-refractivity contribution in [1.29, 1.82) is 0 Å². The maximum absolute atomic E-state index is 10.4. The molecule has 0 unspecified atom stereocenters. The molecule has 1 fully saturated rings. The predicted octanol–water partition coefficient (Wildman–Crippen LogP) is 0.678. The summed E-state index contributed by atoms with van der Waals surface area (Å²) in [5, 5.41) is 11.6. The summed E-state index contributed by atoms with van der Waals surface area (Å²) in [5.41, 5.74) is 0.624. The number of hydrogen-bond donors (Lipinski definition) is 2. The van der Waals surface area contributed by atoms with Crippen LogP contribution < -0.4 is 5.32 Å². The van der Waals surface area contributed by atoms with Crippen LogP contribution in [0.25, 0.3) is 0 Å². The summed E-state index contributed by atoms with van der Waals surface area (Å²) in [6.07, 6.45) is 5.40. The molecule has 0 aliphatic heterocycles. The van der Waals surface area contributed by atoms with Gasteiger partial charge in [-0.25, -0.2) is 9.97 Å². The van der Waals surface area contributed by atoms with Crippen LogP contribution in [0.15, 0.2) is 12.4 Å². The first kappa shape index (κ1) is 8.93. The number of carbonyl (C=O) groups is 1. The van der Waals surface area contributed by atoms with Gasteiger partial charge in [0.15, 0.2) is 0 Å². The second-order valence-corrected chi connectivity index (χ2v) is 3.40. The Bertz CT molecular complexity index is 332. The molecule has 0 aromatic carbocycles. The van der Waals surface area contributed by atoms with E-state index in [4.69, 9.17) is 5.11 Å². The lowest BCUT2D eigenvalue weighted by Gasteiger charge is -2.01. The van der Waals surface area contributed by atoms with Gasteiger partial charge < -0.3 is 10.4 Å². The molecule has 0 radical (unpaired) electrons. The third-order valence-electron chi connectivity index (χ3n) is 1.97. The van der Waals surface area contributed by atoms with Gasteiger partial charge in [0, 0.05) is 24.0 Å². The third-order valence-corrected chi connectivity index (χ3v) is 1.97. The van der Waals surface area contributed by atoms with Gasteiger partial charge in [-0.1, -0.05) is 0 Å². The Hall–Kier alpha value is -1.65. The molecular formula is C9H11N3O2. The number of rotatable bonds is 4. The molecule has 0 saturated heterocycles. The summed E-state index contributed by atoms with van der Waals surface area (Å²) in [7, 11) is 0. The van der Waals surface area contributed by atoms with Crippen molar-refractivity contribution < 1.29 is 9.90 Å². The second-order valence-electron chi connectivity index (χ2n) is 3.40. The standard InChI is InChI=1S/C9H11N3O2/c13-8(14)3-6-4-10-9(11-5-6)12-7-1-2-7/h4-5,7H,1-3H2,(H,13,14)(H,10,11,12). The fourth-order valence-corrected chi connectivity index (χ4v) is 1.11. The monoisotopic (exact) mass is 193 g/mol. The van der Waals surface area contributed by atoms with Crippen molar-refractivity contribution in [1.82, 2.24) is 9.97 Å². The summed E-state index contributed by atoms with van der Waals surface area (Å²) in [6, 6.07) is 0.514. The Morgan fingerprint density at radius 2 is 2.14 bits per heavy atom. The largest absolute Gasteiger partial charge is 0.481 e.